The van der Waals surface area contributed by atoms with E-state index < -0.39 is 5.91 Å². The molecule has 7 nitrogen and oxygen atoms in total. The third-order valence-corrected chi connectivity index (χ3v) is 2.29. The maximum Gasteiger partial charge on any atom is 0.289 e. The molecule has 0 atom stereocenters. The molecule has 92 valence electrons. The summed E-state index contributed by atoms with van der Waals surface area (Å²) in [4.78, 5) is 26.8. The Morgan fingerprint density at radius 1 is 1.44 bits per heavy atom. The lowest BCUT2D eigenvalue weighted by atomic mass is 10.3. The number of nitrogens with zero attached hydrogens (tertiary/aromatic N) is 2. The second kappa shape index (κ2) is 5.09. The van der Waals surface area contributed by atoms with E-state index in [1.165, 1.54) is 6.21 Å². The predicted octanol–water partition coefficient (Wildman–Crippen LogP) is 0.170. The number of aromatic nitrogens is 3. The normalized spacial score (nSPS) is 10.7. The third-order valence-electron chi connectivity index (χ3n) is 2.29. The van der Waals surface area contributed by atoms with Crippen molar-refractivity contribution < 1.29 is 4.79 Å². The van der Waals surface area contributed by atoms with Gasteiger partial charge in [-0.15, -0.1) is 0 Å². The fourth-order valence-electron chi connectivity index (χ4n) is 1.31. The molecule has 2 aromatic rings. The lowest BCUT2D eigenvalue weighted by Gasteiger charge is -1.96. The summed E-state index contributed by atoms with van der Waals surface area (Å²) < 4.78 is 0. The van der Waals surface area contributed by atoms with E-state index in [1.54, 1.807) is 25.3 Å². The van der Waals surface area contributed by atoms with E-state index in [0.29, 0.717) is 11.3 Å². The zero-order valence-electron chi connectivity index (χ0n) is 9.60. The van der Waals surface area contributed by atoms with Crippen molar-refractivity contribution in [2.24, 2.45) is 5.10 Å². The fraction of sp³-hybridized carbons (Fsp3) is 0.0909. The Labute approximate surface area is 102 Å². The molecule has 2 heterocycles. The van der Waals surface area contributed by atoms with Crippen LogP contribution in [0.25, 0.3) is 0 Å². The van der Waals surface area contributed by atoms with Crippen LogP contribution in [0.5, 0.6) is 0 Å². The van der Waals surface area contributed by atoms with Gasteiger partial charge in [-0.3, -0.25) is 24.8 Å². The van der Waals surface area contributed by atoms with Crippen molar-refractivity contribution in [1.82, 2.24) is 20.6 Å². The Balaban J connectivity index is 2.03. The Kier molecular flexibility index (Phi) is 3.33. The van der Waals surface area contributed by atoms with E-state index in [1.807, 2.05) is 6.07 Å². The highest BCUT2D eigenvalue weighted by atomic mass is 16.2. The Hall–Kier alpha value is -2.70. The molecule has 0 unspecified atom stereocenters. The molecule has 7 heteroatoms. The highest BCUT2D eigenvalue weighted by molar-refractivity contribution is 5.94. The van der Waals surface area contributed by atoms with Crippen molar-refractivity contribution in [3.63, 3.8) is 0 Å². The molecule has 0 fully saturated rings. The van der Waals surface area contributed by atoms with Gasteiger partial charge in [0.25, 0.3) is 11.5 Å². The summed E-state index contributed by atoms with van der Waals surface area (Å²) in [5.41, 5.74) is 3.08. The maximum atomic E-state index is 11.6. The molecule has 0 saturated carbocycles. The molecule has 2 aromatic heterocycles. The van der Waals surface area contributed by atoms with Crippen LogP contribution in [0.15, 0.2) is 34.3 Å². The number of rotatable bonds is 3. The summed E-state index contributed by atoms with van der Waals surface area (Å²) >= 11 is 0. The van der Waals surface area contributed by atoms with Crippen molar-refractivity contribution in [2.45, 2.75) is 6.92 Å². The second-order valence-electron chi connectivity index (χ2n) is 3.53. The van der Waals surface area contributed by atoms with Crippen LogP contribution in [0.1, 0.15) is 21.7 Å². The van der Waals surface area contributed by atoms with Gasteiger partial charge in [0, 0.05) is 11.8 Å². The van der Waals surface area contributed by atoms with Crippen molar-refractivity contribution in [3.8, 4) is 0 Å². The van der Waals surface area contributed by atoms with Crippen LogP contribution in [-0.4, -0.2) is 27.3 Å². The first-order valence-electron chi connectivity index (χ1n) is 5.20. The number of hydrazone groups is 1. The zero-order chi connectivity index (χ0) is 13.0. The Morgan fingerprint density at radius 2 is 2.28 bits per heavy atom. The number of pyridine rings is 1. The average molecular weight is 245 g/mol. The maximum absolute atomic E-state index is 11.6. The van der Waals surface area contributed by atoms with Crippen molar-refractivity contribution in [2.75, 3.05) is 0 Å². The van der Waals surface area contributed by atoms with Crippen LogP contribution in [0.2, 0.25) is 0 Å². The highest BCUT2D eigenvalue weighted by Crippen LogP contribution is 1.96. The molecule has 2 rings (SSSR count). The van der Waals surface area contributed by atoms with Crippen LogP contribution in [0, 0.1) is 6.92 Å². The standard InChI is InChI=1S/C11H11N5O2/c1-7-9(14-16-10(7)17)11(18)15-13-6-8-4-2-3-5-12-8/h2-6H,1H3,(H,15,18)(H2,14,16,17)/b13-6+. The van der Waals surface area contributed by atoms with Gasteiger partial charge in [-0.1, -0.05) is 6.07 Å². The molecule has 0 aliphatic heterocycles. The van der Waals surface area contributed by atoms with E-state index in [2.05, 4.69) is 25.7 Å². The Morgan fingerprint density at radius 3 is 2.89 bits per heavy atom. The van der Waals surface area contributed by atoms with Crippen LogP contribution in [-0.2, 0) is 0 Å². The Bertz CT molecular complexity index is 626. The molecule has 0 aliphatic carbocycles. The van der Waals surface area contributed by atoms with E-state index >= 15 is 0 Å². The molecule has 1 amide bonds. The smallest absolute Gasteiger partial charge is 0.289 e. The second-order valence-corrected chi connectivity index (χ2v) is 3.53. The molecule has 18 heavy (non-hydrogen) atoms. The summed E-state index contributed by atoms with van der Waals surface area (Å²) in [6.07, 6.45) is 3.04. The molecular weight excluding hydrogens is 234 g/mol. The average Bonchev–Trinajstić information content (AvgIpc) is 2.71. The number of carbonyl (C=O) groups excluding carboxylic acids is 1. The lowest BCUT2D eigenvalue weighted by Crippen LogP contribution is -2.19. The van der Waals surface area contributed by atoms with Crippen LogP contribution >= 0.6 is 0 Å². The van der Waals surface area contributed by atoms with Gasteiger partial charge in [-0.2, -0.15) is 5.10 Å². The predicted molar refractivity (Wildman–Crippen MR) is 65.4 cm³/mol. The summed E-state index contributed by atoms with van der Waals surface area (Å²) in [6, 6.07) is 5.34. The number of hydrogen-bond donors (Lipinski definition) is 3. The third kappa shape index (κ3) is 2.51. The highest BCUT2D eigenvalue weighted by Gasteiger charge is 2.12. The number of hydrogen-bond acceptors (Lipinski definition) is 4. The van der Waals surface area contributed by atoms with Crippen LogP contribution in [0.4, 0.5) is 0 Å². The zero-order valence-corrected chi connectivity index (χ0v) is 9.60. The molecule has 0 aliphatic rings. The van der Waals surface area contributed by atoms with Gasteiger partial charge in [0.1, 0.15) is 5.69 Å². The minimum Gasteiger partial charge on any atom is -0.293 e. The van der Waals surface area contributed by atoms with Gasteiger partial charge >= 0.3 is 0 Å². The number of aromatic amines is 2. The van der Waals surface area contributed by atoms with E-state index in [4.69, 9.17) is 0 Å². The summed E-state index contributed by atoms with van der Waals surface area (Å²) in [7, 11) is 0. The number of nitrogens with one attached hydrogen (secondary N) is 3. The fourth-order valence-corrected chi connectivity index (χ4v) is 1.31. The lowest BCUT2D eigenvalue weighted by molar-refractivity contribution is 0.0949. The van der Waals surface area contributed by atoms with E-state index in [9.17, 15) is 9.59 Å². The first-order chi connectivity index (χ1) is 8.68. The van der Waals surface area contributed by atoms with Crippen molar-refractivity contribution in [1.29, 1.82) is 0 Å². The molecule has 0 spiro atoms. The summed E-state index contributed by atoms with van der Waals surface area (Å²) in [6.45, 7) is 1.55. The molecule has 0 radical (unpaired) electrons. The largest absolute Gasteiger partial charge is 0.293 e. The van der Waals surface area contributed by atoms with Gasteiger partial charge in [0.15, 0.2) is 0 Å². The monoisotopic (exact) mass is 245 g/mol. The minimum absolute atomic E-state index is 0.165. The number of carbonyl (C=O) groups is 1. The SMILES string of the molecule is Cc1c(C(=O)N/N=C/c2ccccn2)[nH][nH]c1=O. The van der Waals surface area contributed by atoms with Gasteiger partial charge in [0.05, 0.1) is 11.9 Å². The van der Waals surface area contributed by atoms with Gasteiger partial charge in [0.2, 0.25) is 0 Å². The topological polar surface area (TPSA) is 103 Å². The summed E-state index contributed by atoms with van der Waals surface area (Å²) in [5.74, 6) is -0.488. The van der Waals surface area contributed by atoms with Crippen LogP contribution < -0.4 is 11.0 Å². The number of amides is 1. The van der Waals surface area contributed by atoms with Crippen molar-refractivity contribution >= 4 is 12.1 Å². The first-order valence-corrected chi connectivity index (χ1v) is 5.20. The molecular formula is C11H11N5O2. The molecule has 3 N–H and O–H groups in total. The van der Waals surface area contributed by atoms with Gasteiger partial charge in [-0.25, -0.2) is 5.43 Å². The first kappa shape index (κ1) is 11.8. The van der Waals surface area contributed by atoms with Gasteiger partial charge in [-0.05, 0) is 19.1 Å². The van der Waals surface area contributed by atoms with E-state index in [0.717, 1.165) is 0 Å². The van der Waals surface area contributed by atoms with E-state index in [-0.39, 0.29) is 11.3 Å². The molecule has 0 saturated heterocycles. The van der Waals surface area contributed by atoms with Gasteiger partial charge < -0.3 is 0 Å². The quantitative estimate of drug-likeness (QED) is 0.530. The molecule has 0 bridgehead atoms. The van der Waals surface area contributed by atoms with Crippen molar-refractivity contribution in [3.05, 3.63) is 51.7 Å². The van der Waals surface area contributed by atoms with Crippen LogP contribution in [0.3, 0.4) is 0 Å². The number of H-pyrrole nitrogens is 2. The molecule has 0 aromatic carbocycles. The minimum atomic E-state index is -0.488. The summed E-state index contributed by atoms with van der Waals surface area (Å²) in [5, 5.41) is 8.55.